The Labute approximate surface area is 122 Å². The molecular formula is C15H16N2O4. The number of hydrogen-bond acceptors (Lipinski definition) is 4. The van der Waals surface area contributed by atoms with Crippen LogP contribution in [0.25, 0.3) is 0 Å². The van der Waals surface area contributed by atoms with Gasteiger partial charge in [0, 0.05) is 6.04 Å². The summed E-state index contributed by atoms with van der Waals surface area (Å²) in [6.07, 6.45) is 1.16. The lowest BCUT2D eigenvalue weighted by atomic mass is 10.2. The second-order valence-electron chi connectivity index (χ2n) is 4.91. The maximum Gasteiger partial charge on any atom is 0.362 e. The van der Waals surface area contributed by atoms with Gasteiger partial charge < -0.3 is 9.84 Å². The van der Waals surface area contributed by atoms with Crippen LogP contribution < -0.4 is 4.74 Å². The predicted molar refractivity (Wildman–Crippen MR) is 75.7 cm³/mol. The lowest BCUT2D eigenvalue weighted by molar-refractivity contribution is 0.0661. The van der Waals surface area contributed by atoms with E-state index in [0.717, 1.165) is 11.8 Å². The lowest BCUT2D eigenvalue weighted by Gasteiger charge is -2.12. The maximum atomic E-state index is 12.3. The summed E-state index contributed by atoms with van der Waals surface area (Å²) in [4.78, 5) is 23.6. The molecule has 1 N–H and O–H groups in total. The molecule has 0 aliphatic rings. The third-order valence-corrected chi connectivity index (χ3v) is 3.00. The van der Waals surface area contributed by atoms with E-state index in [1.54, 1.807) is 25.1 Å². The van der Waals surface area contributed by atoms with Gasteiger partial charge in [-0.05, 0) is 32.4 Å². The third-order valence-electron chi connectivity index (χ3n) is 3.00. The number of nitrogens with zero attached hydrogens (tertiary/aromatic N) is 2. The van der Waals surface area contributed by atoms with Gasteiger partial charge in [-0.1, -0.05) is 18.2 Å². The smallest absolute Gasteiger partial charge is 0.362 e. The number of rotatable bonds is 4. The Morgan fingerprint density at radius 1 is 1.29 bits per heavy atom. The molecule has 0 spiro atoms. The fourth-order valence-corrected chi connectivity index (χ4v) is 1.93. The zero-order valence-electron chi connectivity index (χ0n) is 12.0. The van der Waals surface area contributed by atoms with Crippen molar-refractivity contribution >= 4 is 11.9 Å². The topological polar surface area (TPSA) is 81.4 Å². The van der Waals surface area contributed by atoms with Gasteiger partial charge in [0.15, 0.2) is 5.69 Å². The van der Waals surface area contributed by atoms with E-state index in [4.69, 9.17) is 9.84 Å². The average molecular weight is 288 g/mol. The minimum atomic E-state index is -1.21. The number of aromatic carboxylic acids is 1. The molecule has 0 amide bonds. The van der Waals surface area contributed by atoms with Crippen molar-refractivity contribution < 1.29 is 19.4 Å². The number of ether oxygens (including phenoxy) is 1. The molecule has 0 saturated heterocycles. The Morgan fingerprint density at radius 2 is 1.95 bits per heavy atom. The summed E-state index contributed by atoms with van der Waals surface area (Å²) in [5.74, 6) is -1.54. The summed E-state index contributed by atoms with van der Waals surface area (Å²) in [7, 11) is 0. The zero-order valence-corrected chi connectivity index (χ0v) is 12.0. The van der Waals surface area contributed by atoms with Crippen molar-refractivity contribution in [2.24, 2.45) is 0 Å². The largest absolute Gasteiger partial charge is 0.478 e. The second kappa shape index (κ2) is 5.78. The summed E-state index contributed by atoms with van der Waals surface area (Å²) in [6, 6.07) is 6.88. The molecule has 0 unspecified atom stereocenters. The molecule has 110 valence electrons. The number of aryl methyl sites for hydroxylation is 1. The average Bonchev–Trinajstić information content (AvgIpc) is 2.86. The molecule has 0 radical (unpaired) electrons. The number of benzene rings is 1. The van der Waals surface area contributed by atoms with E-state index >= 15 is 0 Å². The van der Waals surface area contributed by atoms with E-state index in [1.165, 1.54) is 4.68 Å². The molecule has 21 heavy (non-hydrogen) atoms. The number of para-hydroxylation sites is 1. The molecule has 6 nitrogen and oxygen atoms in total. The summed E-state index contributed by atoms with van der Waals surface area (Å²) in [5.41, 5.74) is 0.571. The molecule has 0 aliphatic carbocycles. The summed E-state index contributed by atoms with van der Waals surface area (Å²) in [6.45, 7) is 5.42. The van der Waals surface area contributed by atoms with Gasteiger partial charge in [-0.25, -0.2) is 9.59 Å². The number of aromatic nitrogens is 2. The van der Waals surface area contributed by atoms with E-state index in [9.17, 15) is 9.59 Å². The first-order valence-corrected chi connectivity index (χ1v) is 6.50. The molecule has 0 aliphatic heterocycles. The fourth-order valence-electron chi connectivity index (χ4n) is 1.93. The molecule has 0 atom stereocenters. The molecule has 2 aromatic rings. The van der Waals surface area contributed by atoms with Crippen LogP contribution in [0.3, 0.4) is 0 Å². The fraction of sp³-hybridized carbons (Fsp3) is 0.267. The van der Waals surface area contributed by atoms with Crippen LogP contribution in [0.2, 0.25) is 0 Å². The number of carboxylic acids is 1. The molecule has 6 heteroatoms. The standard InChI is InChI=1S/C15H16N2O4/c1-9(2)17-13(11(8-16-17)14(18)19)15(20)21-12-7-5-4-6-10(12)3/h4-9H,1-3H3,(H,18,19). The van der Waals surface area contributed by atoms with Crippen LogP contribution in [0.5, 0.6) is 5.75 Å². The minimum absolute atomic E-state index is 0.0549. The van der Waals surface area contributed by atoms with Crippen molar-refractivity contribution in [2.45, 2.75) is 26.8 Å². The molecule has 0 saturated carbocycles. The molecule has 2 rings (SSSR count). The quantitative estimate of drug-likeness (QED) is 0.691. The second-order valence-corrected chi connectivity index (χ2v) is 4.91. The van der Waals surface area contributed by atoms with Crippen molar-refractivity contribution in [3.05, 3.63) is 47.3 Å². The first-order valence-electron chi connectivity index (χ1n) is 6.50. The van der Waals surface area contributed by atoms with Crippen LogP contribution in [0.15, 0.2) is 30.5 Å². The third kappa shape index (κ3) is 2.94. The predicted octanol–water partition coefficient (Wildman–Crippen LogP) is 2.69. The van der Waals surface area contributed by atoms with Gasteiger partial charge in [0.2, 0.25) is 0 Å². The van der Waals surface area contributed by atoms with Crippen molar-refractivity contribution in [1.29, 1.82) is 0 Å². The summed E-state index contributed by atoms with van der Waals surface area (Å²) < 4.78 is 6.66. The van der Waals surface area contributed by atoms with Crippen LogP contribution in [0, 0.1) is 6.92 Å². The van der Waals surface area contributed by atoms with Gasteiger partial charge in [0.05, 0.1) is 6.20 Å². The van der Waals surface area contributed by atoms with E-state index in [0.29, 0.717) is 5.75 Å². The number of carbonyl (C=O) groups is 2. The number of carboxylic acid groups (broad SMARTS) is 1. The Bertz CT molecular complexity index is 689. The van der Waals surface area contributed by atoms with Crippen LogP contribution >= 0.6 is 0 Å². The van der Waals surface area contributed by atoms with Crippen molar-refractivity contribution in [3.63, 3.8) is 0 Å². The van der Waals surface area contributed by atoms with E-state index in [-0.39, 0.29) is 17.3 Å². The minimum Gasteiger partial charge on any atom is -0.478 e. The van der Waals surface area contributed by atoms with Gasteiger partial charge >= 0.3 is 11.9 Å². The van der Waals surface area contributed by atoms with Gasteiger partial charge in [-0.3, -0.25) is 4.68 Å². The first kappa shape index (κ1) is 14.8. The Balaban J connectivity index is 2.41. The van der Waals surface area contributed by atoms with Crippen LogP contribution in [-0.2, 0) is 0 Å². The highest BCUT2D eigenvalue weighted by Gasteiger charge is 2.26. The highest BCUT2D eigenvalue weighted by molar-refractivity contribution is 6.01. The Hall–Kier alpha value is -2.63. The number of carbonyl (C=O) groups excluding carboxylic acids is 1. The van der Waals surface area contributed by atoms with Crippen molar-refractivity contribution in [1.82, 2.24) is 9.78 Å². The lowest BCUT2D eigenvalue weighted by Crippen LogP contribution is -2.20. The molecule has 1 aromatic heterocycles. The molecule has 0 bridgehead atoms. The Kier molecular flexibility index (Phi) is 4.07. The zero-order chi connectivity index (χ0) is 15.6. The molecular weight excluding hydrogens is 272 g/mol. The van der Waals surface area contributed by atoms with Crippen molar-refractivity contribution in [3.8, 4) is 5.75 Å². The summed E-state index contributed by atoms with van der Waals surface area (Å²) in [5, 5.41) is 13.1. The van der Waals surface area contributed by atoms with E-state index in [2.05, 4.69) is 5.10 Å². The highest BCUT2D eigenvalue weighted by Crippen LogP contribution is 2.20. The van der Waals surface area contributed by atoms with Crippen LogP contribution in [0.4, 0.5) is 0 Å². The van der Waals surface area contributed by atoms with Gasteiger partial charge in [-0.2, -0.15) is 5.10 Å². The molecule has 0 fully saturated rings. The first-order chi connectivity index (χ1) is 9.91. The Morgan fingerprint density at radius 3 is 2.52 bits per heavy atom. The normalized spacial score (nSPS) is 10.7. The van der Waals surface area contributed by atoms with Crippen LogP contribution in [0.1, 0.15) is 46.3 Å². The van der Waals surface area contributed by atoms with E-state index < -0.39 is 11.9 Å². The highest BCUT2D eigenvalue weighted by atomic mass is 16.5. The maximum absolute atomic E-state index is 12.3. The number of esters is 1. The number of hydrogen-bond donors (Lipinski definition) is 1. The van der Waals surface area contributed by atoms with E-state index in [1.807, 2.05) is 19.9 Å². The van der Waals surface area contributed by atoms with Crippen molar-refractivity contribution in [2.75, 3.05) is 0 Å². The summed E-state index contributed by atoms with van der Waals surface area (Å²) >= 11 is 0. The molecule has 1 heterocycles. The molecule has 1 aromatic carbocycles. The SMILES string of the molecule is Cc1ccccc1OC(=O)c1c(C(=O)O)cnn1C(C)C. The van der Waals surface area contributed by atoms with Crippen LogP contribution in [-0.4, -0.2) is 26.8 Å². The van der Waals surface area contributed by atoms with Gasteiger partial charge in [0.25, 0.3) is 0 Å². The monoisotopic (exact) mass is 288 g/mol. The van der Waals surface area contributed by atoms with Gasteiger partial charge in [0.1, 0.15) is 11.3 Å². The van der Waals surface area contributed by atoms with Gasteiger partial charge in [-0.15, -0.1) is 0 Å².